The first kappa shape index (κ1) is 16.0. The maximum Gasteiger partial charge on any atom is 0.234 e. The van der Waals surface area contributed by atoms with Crippen LogP contribution in [0.3, 0.4) is 0 Å². The van der Waals surface area contributed by atoms with E-state index in [1.807, 2.05) is 19.9 Å². The Morgan fingerprint density at radius 2 is 1.95 bits per heavy atom. The van der Waals surface area contributed by atoms with Gasteiger partial charge in [-0.25, -0.2) is 0 Å². The molecule has 0 fully saturated rings. The number of nitrogens with one attached hydrogen (secondary N) is 2. The van der Waals surface area contributed by atoms with Crippen molar-refractivity contribution >= 4 is 11.6 Å². The Balaban J connectivity index is 2.41. The average molecular weight is 288 g/mol. The van der Waals surface area contributed by atoms with E-state index in [2.05, 4.69) is 50.5 Å². The van der Waals surface area contributed by atoms with E-state index in [0.29, 0.717) is 0 Å². The molecule has 1 atom stereocenters. The Labute approximate surface area is 128 Å². The van der Waals surface area contributed by atoms with Gasteiger partial charge in [-0.3, -0.25) is 4.79 Å². The van der Waals surface area contributed by atoms with Crippen molar-refractivity contribution in [3.8, 4) is 0 Å². The Kier molecular flexibility index (Phi) is 4.16. The molecule has 1 aliphatic heterocycles. The lowest BCUT2D eigenvalue weighted by Crippen LogP contribution is -2.33. The zero-order valence-corrected chi connectivity index (χ0v) is 14.1. The fourth-order valence-corrected chi connectivity index (χ4v) is 2.98. The Morgan fingerprint density at radius 1 is 1.29 bits per heavy atom. The molecular weight excluding hydrogens is 260 g/mol. The fourth-order valence-electron chi connectivity index (χ4n) is 2.98. The van der Waals surface area contributed by atoms with Crippen LogP contribution in [-0.4, -0.2) is 12.5 Å². The molecule has 1 aliphatic rings. The number of carbonyl (C=O) groups is 1. The molecule has 0 saturated carbocycles. The van der Waals surface area contributed by atoms with Crippen LogP contribution in [0.25, 0.3) is 0 Å². The lowest BCUT2D eigenvalue weighted by molar-refractivity contribution is -0.119. The minimum absolute atomic E-state index is 0.0866. The molecule has 1 amide bonds. The maximum absolute atomic E-state index is 12.1. The van der Waals surface area contributed by atoms with Crippen molar-refractivity contribution in [2.45, 2.75) is 59.4 Å². The van der Waals surface area contributed by atoms with E-state index < -0.39 is 5.41 Å². The zero-order valence-electron chi connectivity index (χ0n) is 14.1. The van der Waals surface area contributed by atoms with Gasteiger partial charge >= 0.3 is 0 Å². The number of amides is 1. The van der Waals surface area contributed by atoms with Crippen LogP contribution in [0.1, 0.15) is 65.1 Å². The second kappa shape index (κ2) is 5.45. The summed E-state index contributed by atoms with van der Waals surface area (Å²) in [6.07, 6.45) is 1.11. The molecule has 0 radical (unpaired) electrons. The third-order valence-corrected chi connectivity index (χ3v) is 4.33. The van der Waals surface area contributed by atoms with E-state index >= 15 is 0 Å². The minimum Gasteiger partial charge on any atom is -0.325 e. The van der Waals surface area contributed by atoms with E-state index in [9.17, 15) is 4.79 Å². The topological polar surface area (TPSA) is 41.1 Å². The Morgan fingerprint density at radius 3 is 2.52 bits per heavy atom. The lowest BCUT2D eigenvalue weighted by Gasteiger charge is -2.33. The number of hydrogen-bond donors (Lipinski definition) is 2. The molecule has 21 heavy (non-hydrogen) atoms. The molecule has 0 saturated heterocycles. The van der Waals surface area contributed by atoms with E-state index in [1.165, 1.54) is 5.56 Å². The summed E-state index contributed by atoms with van der Waals surface area (Å²) in [5.74, 6) is 0.0866. The number of hydrogen-bond acceptors (Lipinski definition) is 2. The molecule has 3 nitrogen and oxygen atoms in total. The lowest BCUT2D eigenvalue weighted by atomic mass is 9.79. The van der Waals surface area contributed by atoms with Crippen LogP contribution >= 0.6 is 0 Å². The molecule has 0 spiro atoms. The molecule has 0 aromatic heterocycles. The molecule has 0 aliphatic carbocycles. The fraction of sp³-hybridized carbons (Fsp3) is 0.611. The predicted molar refractivity (Wildman–Crippen MR) is 88.6 cm³/mol. The standard InChI is InChI=1S/C18H28N2O/c1-7-10-19-15(17(2,3)4)12-8-9-14-13(11-12)18(5,6)16(21)20-14/h8-9,11,15,19H,7,10H2,1-6H3,(H,20,21). The van der Waals surface area contributed by atoms with Gasteiger partial charge in [-0.15, -0.1) is 0 Å². The van der Waals surface area contributed by atoms with Gasteiger partial charge in [-0.05, 0) is 49.4 Å². The first-order valence-electron chi connectivity index (χ1n) is 7.87. The highest BCUT2D eigenvalue weighted by molar-refractivity contribution is 6.05. The molecule has 3 heteroatoms. The number of fused-ring (bicyclic) bond motifs is 1. The number of anilines is 1. The summed E-state index contributed by atoms with van der Waals surface area (Å²) < 4.78 is 0. The molecule has 0 bridgehead atoms. The quantitative estimate of drug-likeness (QED) is 0.879. The van der Waals surface area contributed by atoms with Gasteiger partial charge in [0.25, 0.3) is 0 Å². The summed E-state index contributed by atoms with van der Waals surface area (Å²) in [5.41, 5.74) is 3.01. The van der Waals surface area contributed by atoms with Crippen LogP contribution in [0.2, 0.25) is 0 Å². The molecule has 1 unspecified atom stereocenters. The van der Waals surface area contributed by atoms with Crippen LogP contribution < -0.4 is 10.6 Å². The van der Waals surface area contributed by atoms with E-state index in [0.717, 1.165) is 24.2 Å². The van der Waals surface area contributed by atoms with Gasteiger partial charge in [0.2, 0.25) is 5.91 Å². The predicted octanol–water partition coefficient (Wildman–Crippen LogP) is 4.00. The number of benzene rings is 1. The Hall–Kier alpha value is -1.35. The monoisotopic (exact) mass is 288 g/mol. The third-order valence-electron chi connectivity index (χ3n) is 4.33. The summed E-state index contributed by atoms with van der Waals surface area (Å²) in [5, 5.41) is 6.63. The summed E-state index contributed by atoms with van der Waals surface area (Å²) in [7, 11) is 0. The minimum atomic E-state index is -0.446. The van der Waals surface area contributed by atoms with Crippen LogP contribution in [-0.2, 0) is 10.2 Å². The highest BCUT2D eigenvalue weighted by Gasteiger charge is 2.39. The molecule has 1 heterocycles. The van der Waals surface area contributed by atoms with E-state index in [-0.39, 0.29) is 17.4 Å². The van der Waals surface area contributed by atoms with Gasteiger partial charge in [-0.2, -0.15) is 0 Å². The molecule has 1 aromatic rings. The number of carbonyl (C=O) groups excluding carboxylic acids is 1. The largest absolute Gasteiger partial charge is 0.325 e. The highest BCUT2D eigenvalue weighted by Crippen LogP contribution is 2.41. The third kappa shape index (κ3) is 2.98. The van der Waals surface area contributed by atoms with Crippen molar-refractivity contribution < 1.29 is 4.79 Å². The molecule has 2 rings (SSSR count). The smallest absolute Gasteiger partial charge is 0.234 e. The SMILES string of the molecule is CCCNC(c1ccc2c(c1)C(C)(C)C(=O)N2)C(C)(C)C. The second-order valence-electron chi connectivity index (χ2n) is 7.64. The number of rotatable bonds is 4. The highest BCUT2D eigenvalue weighted by atomic mass is 16.2. The van der Waals surface area contributed by atoms with Gasteiger partial charge in [0.1, 0.15) is 0 Å². The maximum atomic E-state index is 12.1. The van der Waals surface area contributed by atoms with Crippen LogP contribution in [0.5, 0.6) is 0 Å². The van der Waals surface area contributed by atoms with Crippen molar-refractivity contribution in [3.63, 3.8) is 0 Å². The van der Waals surface area contributed by atoms with Gasteiger partial charge < -0.3 is 10.6 Å². The van der Waals surface area contributed by atoms with Crippen molar-refractivity contribution in [3.05, 3.63) is 29.3 Å². The molecule has 116 valence electrons. The molecule has 2 N–H and O–H groups in total. The summed E-state index contributed by atoms with van der Waals surface area (Å²) >= 11 is 0. The summed E-state index contributed by atoms with van der Waals surface area (Å²) in [4.78, 5) is 12.1. The van der Waals surface area contributed by atoms with E-state index in [1.54, 1.807) is 0 Å². The second-order valence-corrected chi connectivity index (χ2v) is 7.64. The normalized spacial score (nSPS) is 18.3. The van der Waals surface area contributed by atoms with Crippen LogP contribution in [0.15, 0.2) is 18.2 Å². The summed E-state index contributed by atoms with van der Waals surface area (Å²) in [6.45, 7) is 13.9. The van der Waals surface area contributed by atoms with Gasteiger partial charge in [0.05, 0.1) is 5.41 Å². The van der Waals surface area contributed by atoms with Crippen molar-refractivity contribution in [2.24, 2.45) is 5.41 Å². The zero-order chi connectivity index (χ0) is 15.8. The van der Waals surface area contributed by atoms with Gasteiger partial charge in [0.15, 0.2) is 0 Å². The van der Waals surface area contributed by atoms with E-state index in [4.69, 9.17) is 0 Å². The Bertz CT molecular complexity index is 541. The molecular formula is C18H28N2O. The molecule has 1 aromatic carbocycles. The first-order valence-corrected chi connectivity index (χ1v) is 7.87. The van der Waals surface area contributed by atoms with Crippen LogP contribution in [0, 0.1) is 5.41 Å². The van der Waals surface area contributed by atoms with Gasteiger partial charge in [0, 0.05) is 11.7 Å². The summed E-state index contributed by atoms with van der Waals surface area (Å²) in [6, 6.07) is 6.67. The van der Waals surface area contributed by atoms with Crippen molar-refractivity contribution in [1.29, 1.82) is 0 Å². The van der Waals surface area contributed by atoms with Crippen LogP contribution in [0.4, 0.5) is 5.69 Å². The van der Waals surface area contributed by atoms with Crippen molar-refractivity contribution in [1.82, 2.24) is 5.32 Å². The average Bonchev–Trinajstić information content (AvgIpc) is 2.60. The van der Waals surface area contributed by atoms with Crippen molar-refractivity contribution in [2.75, 3.05) is 11.9 Å². The first-order chi connectivity index (χ1) is 9.67. The van der Waals surface area contributed by atoms with Gasteiger partial charge in [-0.1, -0.05) is 39.8 Å².